The number of hydrogen-bond donors (Lipinski definition) is 1. The Morgan fingerprint density at radius 3 is 2.42 bits per heavy atom. The van der Waals surface area contributed by atoms with Crippen LogP contribution in [-0.4, -0.2) is 23.2 Å². The summed E-state index contributed by atoms with van der Waals surface area (Å²) in [5, 5.41) is 8.14. The zero-order valence-corrected chi connectivity index (χ0v) is 17.9. The van der Waals surface area contributed by atoms with Gasteiger partial charge in [0.1, 0.15) is 11.4 Å². The zero-order valence-electron chi connectivity index (χ0n) is 17.1. The molecule has 3 aromatic carbocycles. The molecule has 5 nitrogen and oxygen atoms in total. The standard InChI is InChI=1S/C25H20ClN3O2/c1-15-7-13-18(14-8-15)29-24(19-5-3-4-6-20(19)31-2)21-22(27-28-23(21)25(29)30)16-9-11-17(26)12-10-16/h3-14,24H,1-2H3,(H,27,28)/t24-/m0/s1. The monoisotopic (exact) mass is 429 g/mol. The topological polar surface area (TPSA) is 58.2 Å². The molecule has 154 valence electrons. The van der Waals surface area contributed by atoms with Gasteiger partial charge in [-0.15, -0.1) is 0 Å². The summed E-state index contributed by atoms with van der Waals surface area (Å²) in [5.41, 5.74) is 5.78. The summed E-state index contributed by atoms with van der Waals surface area (Å²) >= 11 is 6.09. The number of nitrogens with zero attached hydrogens (tertiary/aromatic N) is 2. The summed E-state index contributed by atoms with van der Waals surface area (Å²) in [7, 11) is 1.64. The van der Waals surface area contributed by atoms with Crippen LogP contribution in [0.1, 0.15) is 33.2 Å². The first-order valence-corrected chi connectivity index (χ1v) is 10.3. The number of aromatic nitrogens is 2. The van der Waals surface area contributed by atoms with E-state index >= 15 is 0 Å². The minimum absolute atomic E-state index is 0.123. The third-order valence-corrected chi connectivity index (χ3v) is 5.88. The Kier molecular flexibility index (Phi) is 4.75. The molecule has 6 heteroatoms. The summed E-state index contributed by atoms with van der Waals surface area (Å²) < 4.78 is 5.66. The van der Waals surface area contributed by atoms with Gasteiger partial charge in [0.15, 0.2) is 0 Å². The Morgan fingerprint density at radius 2 is 1.71 bits per heavy atom. The largest absolute Gasteiger partial charge is 0.496 e. The molecular formula is C25H20ClN3O2. The van der Waals surface area contributed by atoms with Gasteiger partial charge in [-0.2, -0.15) is 5.10 Å². The highest BCUT2D eigenvalue weighted by Crippen LogP contribution is 2.47. The number of methoxy groups -OCH3 is 1. The lowest BCUT2D eigenvalue weighted by Crippen LogP contribution is -2.29. The van der Waals surface area contributed by atoms with E-state index in [0.717, 1.165) is 33.6 Å². The SMILES string of the molecule is COc1ccccc1[C@H]1c2c(-c3ccc(Cl)cc3)n[nH]c2C(=O)N1c1ccc(C)cc1. The number of para-hydroxylation sites is 1. The average molecular weight is 430 g/mol. The second-order valence-corrected chi connectivity index (χ2v) is 7.96. The normalized spacial score (nSPS) is 15.3. The molecule has 0 radical (unpaired) electrons. The number of anilines is 1. The van der Waals surface area contributed by atoms with Crippen LogP contribution in [0.5, 0.6) is 5.75 Å². The van der Waals surface area contributed by atoms with E-state index in [9.17, 15) is 4.79 Å². The van der Waals surface area contributed by atoms with Gasteiger partial charge in [-0.3, -0.25) is 14.8 Å². The minimum atomic E-state index is -0.384. The van der Waals surface area contributed by atoms with Gasteiger partial charge < -0.3 is 4.74 Å². The van der Waals surface area contributed by atoms with Crippen LogP contribution >= 0.6 is 11.6 Å². The Balaban J connectivity index is 1.75. The van der Waals surface area contributed by atoms with Gasteiger partial charge in [0.2, 0.25) is 0 Å². The van der Waals surface area contributed by atoms with Crippen LogP contribution in [0, 0.1) is 6.92 Å². The molecule has 0 unspecified atom stereocenters. The first-order valence-electron chi connectivity index (χ1n) is 9.96. The second-order valence-electron chi connectivity index (χ2n) is 7.52. The molecule has 0 bridgehead atoms. The van der Waals surface area contributed by atoms with Crippen molar-refractivity contribution in [2.45, 2.75) is 13.0 Å². The first kappa shape index (κ1) is 19.4. The number of carbonyl (C=O) groups excluding carboxylic acids is 1. The highest BCUT2D eigenvalue weighted by atomic mass is 35.5. The first-order chi connectivity index (χ1) is 15.1. The van der Waals surface area contributed by atoms with E-state index in [-0.39, 0.29) is 11.9 Å². The van der Waals surface area contributed by atoms with Crippen molar-refractivity contribution in [1.29, 1.82) is 0 Å². The zero-order chi connectivity index (χ0) is 21.5. The van der Waals surface area contributed by atoms with E-state index in [0.29, 0.717) is 16.5 Å². The van der Waals surface area contributed by atoms with Crippen LogP contribution < -0.4 is 9.64 Å². The summed E-state index contributed by atoms with van der Waals surface area (Å²) in [6.07, 6.45) is 0. The molecule has 0 spiro atoms. The van der Waals surface area contributed by atoms with E-state index in [2.05, 4.69) is 10.2 Å². The fraction of sp³-hybridized carbons (Fsp3) is 0.120. The average Bonchev–Trinajstić information content (AvgIpc) is 3.34. The molecule has 1 aliphatic heterocycles. The van der Waals surface area contributed by atoms with Crippen LogP contribution in [0.15, 0.2) is 72.8 Å². The van der Waals surface area contributed by atoms with Crippen molar-refractivity contribution in [2.24, 2.45) is 0 Å². The smallest absolute Gasteiger partial charge is 0.277 e. The number of benzene rings is 3. The maximum Gasteiger partial charge on any atom is 0.277 e. The third kappa shape index (κ3) is 3.18. The molecule has 0 aliphatic carbocycles. The maximum absolute atomic E-state index is 13.6. The van der Waals surface area contributed by atoms with Crippen molar-refractivity contribution in [3.63, 3.8) is 0 Å². The van der Waals surface area contributed by atoms with E-state index < -0.39 is 0 Å². The summed E-state index contributed by atoms with van der Waals surface area (Å²) in [5.74, 6) is 0.594. The van der Waals surface area contributed by atoms with Gasteiger partial charge in [0, 0.05) is 27.4 Å². The summed E-state index contributed by atoms with van der Waals surface area (Å²) in [6, 6.07) is 22.8. The lowest BCUT2D eigenvalue weighted by Gasteiger charge is -2.27. The fourth-order valence-corrected chi connectivity index (χ4v) is 4.26. The Morgan fingerprint density at radius 1 is 1.00 bits per heavy atom. The molecular weight excluding hydrogens is 410 g/mol. The number of hydrogen-bond acceptors (Lipinski definition) is 3. The third-order valence-electron chi connectivity index (χ3n) is 5.63. The van der Waals surface area contributed by atoms with Crippen LogP contribution in [0.25, 0.3) is 11.3 Å². The predicted molar refractivity (Wildman–Crippen MR) is 122 cm³/mol. The Labute approximate surface area is 185 Å². The Hall–Kier alpha value is -3.57. The number of aryl methyl sites for hydroxylation is 1. The van der Waals surface area contributed by atoms with Gasteiger partial charge in [-0.1, -0.05) is 59.6 Å². The van der Waals surface area contributed by atoms with E-state index in [1.54, 1.807) is 12.0 Å². The summed E-state index contributed by atoms with van der Waals surface area (Å²) in [6.45, 7) is 2.03. The van der Waals surface area contributed by atoms with Crippen molar-refractivity contribution in [2.75, 3.05) is 12.0 Å². The summed E-state index contributed by atoms with van der Waals surface area (Å²) in [4.78, 5) is 15.4. The van der Waals surface area contributed by atoms with Gasteiger partial charge in [-0.25, -0.2) is 0 Å². The van der Waals surface area contributed by atoms with Gasteiger partial charge in [0.25, 0.3) is 5.91 Å². The van der Waals surface area contributed by atoms with Crippen molar-refractivity contribution in [1.82, 2.24) is 10.2 Å². The number of ether oxygens (including phenoxy) is 1. The van der Waals surface area contributed by atoms with Crippen LogP contribution in [0.4, 0.5) is 5.69 Å². The molecule has 1 N–H and O–H groups in total. The lowest BCUT2D eigenvalue weighted by molar-refractivity contribution is 0.0988. The number of fused-ring (bicyclic) bond motifs is 1. The van der Waals surface area contributed by atoms with Crippen molar-refractivity contribution >= 4 is 23.2 Å². The van der Waals surface area contributed by atoms with Crippen LogP contribution in [0.3, 0.4) is 0 Å². The van der Waals surface area contributed by atoms with Gasteiger partial charge in [-0.05, 0) is 37.3 Å². The van der Waals surface area contributed by atoms with Gasteiger partial charge >= 0.3 is 0 Å². The van der Waals surface area contributed by atoms with Crippen molar-refractivity contribution in [3.05, 3.63) is 100 Å². The highest BCUT2D eigenvalue weighted by molar-refractivity contribution is 6.30. The number of aromatic amines is 1. The number of carbonyl (C=O) groups is 1. The minimum Gasteiger partial charge on any atom is -0.496 e. The number of H-pyrrole nitrogens is 1. The molecule has 5 rings (SSSR count). The van der Waals surface area contributed by atoms with E-state index in [1.165, 1.54) is 0 Å². The number of halogens is 1. The fourth-order valence-electron chi connectivity index (χ4n) is 4.13. The molecule has 31 heavy (non-hydrogen) atoms. The predicted octanol–water partition coefficient (Wildman–Crippen LogP) is 5.80. The molecule has 1 amide bonds. The van der Waals surface area contributed by atoms with Crippen LogP contribution in [-0.2, 0) is 0 Å². The molecule has 0 fully saturated rings. The van der Waals surface area contributed by atoms with Crippen molar-refractivity contribution in [3.8, 4) is 17.0 Å². The number of nitrogens with one attached hydrogen (secondary N) is 1. The quantitative estimate of drug-likeness (QED) is 0.446. The van der Waals surface area contributed by atoms with Crippen molar-refractivity contribution < 1.29 is 9.53 Å². The number of rotatable bonds is 4. The Bertz CT molecular complexity index is 1260. The molecule has 1 aliphatic rings. The van der Waals surface area contributed by atoms with E-state index in [1.807, 2.05) is 79.7 Å². The molecule has 0 saturated heterocycles. The molecule has 1 atom stereocenters. The van der Waals surface area contributed by atoms with E-state index in [4.69, 9.17) is 16.3 Å². The second kappa shape index (κ2) is 7.60. The molecule has 2 heterocycles. The molecule has 4 aromatic rings. The molecule has 0 saturated carbocycles. The lowest BCUT2D eigenvalue weighted by atomic mass is 9.95. The highest BCUT2D eigenvalue weighted by Gasteiger charge is 2.44. The molecule has 1 aromatic heterocycles. The maximum atomic E-state index is 13.6. The van der Waals surface area contributed by atoms with Crippen LogP contribution in [0.2, 0.25) is 5.02 Å². The number of amides is 1. The van der Waals surface area contributed by atoms with Gasteiger partial charge in [0.05, 0.1) is 18.8 Å².